The fourth-order valence-corrected chi connectivity index (χ4v) is 2.07. The summed E-state index contributed by atoms with van der Waals surface area (Å²) in [6, 6.07) is 0. The van der Waals surface area contributed by atoms with Crippen LogP contribution in [0.4, 0.5) is 0 Å². The lowest BCUT2D eigenvalue weighted by molar-refractivity contribution is -0.208. The quantitative estimate of drug-likeness (QED) is 0.269. The third-order valence-electron chi connectivity index (χ3n) is 3.25. The summed E-state index contributed by atoms with van der Waals surface area (Å²) >= 11 is 0. The van der Waals surface area contributed by atoms with Crippen LogP contribution in [0, 0.1) is 16.7 Å². The minimum absolute atomic E-state index is 0.383. The number of carboxylic acids is 6. The molecule has 0 aliphatic rings. The fraction of sp³-hybridized carbons (Fsp3) is 0.400. The first-order chi connectivity index (χ1) is 9.82. The van der Waals surface area contributed by atoms with E-state index in [1.165, 1.54) is 0 Å². The molecule has 1 atom stereocenters. The highest BCUT2D eigenvalue weighted by atomic mass is 16.4. The Balaban J connectivity index is 7.27. The van der Waals surface area contributed by atoms with Crippen LogP contribution < -0.4 is 0 Å². The summed E-state index contributed by atoms with van der Waals surface area (Å²) in [5, 5.41) is 53.8. The molecule has 0 aromatic heterocycles. The van der Waals surface area contributed by atoms with Crippen molar-refractivity contribution in [2.45, 2.75) is 6.92 Å². The maximum absolute atomic E-state index is 11.3. The summed E-state index contributed by atoms with van der Waals surface area (Å²) in [7, 11) is 0. The fourth-order valence-electron chi connectivity index (χ4n) is 2.07. The van der Waals surface area contributed by atoms with Gasteiger partial charge in [-0.3, -0.25) is 28.8 Å². The van der Waals surface area contributed by atoms with Crippen molar-refractivity contribution in [3.63, 3.8) is 0 Å². The van der Waals surface area contributed by atoms with Crippen LogP contribution in [0.25, 0.3) is 0 Å². The second-order valence-electron chi connectivity index (χ2n) is 4.14. The molecule has 12 heteroatoms. The van der Waals surface area contributed by atoms with Gasteiger partial charge in [-0.05, 0) is 0 Å². The molecule has 0 rings (SSSR count). The molecule has 122 valence electrons. The maximum Gasteiger partial charge on any atom is 0.334 e. The molecule has 6 N–H and O–H groups in total. The van der Waals surface area contributed by atoms with Crippen molar-refractivity contribution in [1.29, 1.82) is 0 Å². The smallest absolute Gasteiger partial charge is 0.334 e. The third-order valence-corrected chi connectivity index (χ3v) is 3.25. The van der Waals surface area contributed by atoms with Crippen molar-refractivity contribution in [2.75, 3.05) is 0 Å². The van der Waals surface area contributed by atoms with Crippen molar-refractivity contribution in [2.24, 2.45) is 16.7 Å². The molecule has 0 fully saturated rings. The zero-order valence-corrected chi connectivity index (χ0v) is 10.7. The van der Waals surface area contributed by atoms with Crippen LogP contribution in [-0.2, 0) is 28.8 Å². The van der Waals surface area contributed by atoms with Gasteiger partial charge in [0.05, 0.1) is 5.92 Å². The van der Waals surface area contributed by atoms with Gasteiger partial charge in [0.25, 0.3) is 5.41 Å². The molecule has 0 spiro atoms. The van der Waals surface area contributed by atoms with Crippen LogP contribution in [-0.4, -0.2) is 66.5 Å². The molecule has 0 amide bonds. The lowest BCUT2D eigenvalue weighted by Gasteiger charge is -2.37. The Bertz CT molecular complexity index is 522. The lowest BCUT2D eigenvalue weighted by atomic mass is 9.56. The molecular weight excluding hydrogens is 312 g/mol. The third kappa shape index (κ3) is 2.01. The van der Waals surface area contributed by atoms with E-state index < -0.39 is 52.6 Å². The molecule has 0 radical (unpaired) electrons. The van der Waals surface area contributed by atoms with E-state index in [-0.39, 0.29) is 0 Å². The van der Waals surface area contributed by atoms with Gasteiger partial charge < -0.3 is 30.6 Å². The molecule has 1 unspecified atom stereocenters. The highest BCUT2D eigenvalue weighted by Gasteiger charge is 2.79. The van der Waals surface area contributed by atoms with Crippen molar-refractivity contribution >= 4 is 35.8 Å². The van der Waals surface area contributed by atoms with Gasteiger partial charge in [0.2, 0.25) is 5.41 Å². The lowest BCUT2D eigenvalue weighted by Crippen LogP contribution is -2.68. The van der Waals surface area contributed by atoms with Crippen molar-refractivity contribution in [3.05, 3.63) is 0 Å². The van der Waals surface area contributed by atoms with Gasteiger partial charge in [-0.25, -0.2) is 0 Å². The summed E-state index contributed by atoms with van der Waals surface area (Å²) in [6.45, 7) is 0.383. The average molecular weight is 322 g/mol. The first-order valence-electron chi connectivity index (χ1n) is 5.22. The SMILES string of the molecule is CC(C(=O)O)C(C(=O)O)(C(=O)O)C(C(=O)O)(C(=O)O)C(=O)O. The summed E-state index contributed by atoms with van der Waals surface area (Å²) < 4.78 is 0. The van der Waals surface area contributed by atoms with Gasteiger partial charge in [-0.15, -0.1) is 0 Å². The van der Waals surface area contributed by atoms with E-state index in [1.54, 1.807) is 0 Å². The van der Waals surface area contributed by atoms with Gasteiger partial charge in [0.15, 0.2) is 0 Å². The topological polar surface area (TPSA) is 224 Å². The van der Waals surface area contributed by atoms with Crippen LogP contribution in [0.2, 0.25) is 0 Å². The molecule has 0 saturated carbocycles. The number of carboxylic acid groups (broad SMARTS) is 6. The van der Waals surface area contributed by atoms with Gasteiger partial charge in [0.1, 0.15) is 0 Å². The summed E-state index contributed by atoms with van der Waals surface area (Å²) in [5.74, 6) is -18.9. The predicted molar refractivity (Wildman–Crippen MR) is 59.8 cm³/mol. The summed E-state index contributed by atoms with van der Waals surface area (Å²) in [5.41, 5.74) is -8.68. The highest BCUT2D eigenvalue weighted by Crippen LogP contribution is 2.47. The van der Waals surface area contributed by atoms with E-state index in [4.69, 9.17) is 30.6 Å². The van der Waals surface area contributed by atoms with E-state index in [1.807, 2.05) is 0 Å². The van der Waals surface area contributed by atoms with Crippen LogP contribution >= 0.6 is 0 Å². The zero-order chi connectivity index (χ0) is 18.0. The summed E-state index contributed by atoms with van der Waals surface area (Å²) in [4.78, 5) is 67.3. The van der Waals surface area contributed by atoms with Gasteiger partial charge in [-0.2, -0.15) is 0 Å². The standard InChI is InChI=1S/C10H10O12/c1-2(3(11)12)9(4(13)14,5(15)16)10(6(17)18,7(19)20)8(21)22/h2H,1H3,(H,11,12)(H,13,14)(H,15,16)(H,17,18)(H,19,20)(H,21,22). The molecule has 0 aliphatic carbocycles. The molecule has 0 bridgehead atoms. The normalized spacial score (nSPS) is 13.0. The number of hydrogen-bond acceptors (Lipinski definition) is 6. The highest BCUT2D eigenvalue weighted by molar-refractivity contribution is 6.25. The van der Waals surface area contributed by atoms with Crippen LogP contribution in [0.5, 0.6) is 0 Å². The Labute approximate surface area is 120 Å². The van der Waals surface area contributed by atoms with E-state index >= 15 is 0 Å². The van der Waals surface area contributed by atoms with Crippen LogP contribution in [0.1, 0.15) is 6.92 Å². The Morgan fingerprint density at radius 2 is 0.909 bits per heavy atom. The number of rotatable bonds is 8. The first-order valence-corrected chi connectivity index (χ1v) is 5.22. The van der Waals surface area contributed by atoms with Gasteiger partial charge >= 0.3 is 35.8 Å². The molecule has 0 aromatic carbocycles. The molecule has 12 nitrogen and oxygen atoms in total. The zero-order valence-electron chi connectivity index (χ0n) is 10.7. The molecular formula is C10H10O12. The Morgan fingerprint density at radius 3 is 1.05 bits per heavy atom. The van der Waals surface area contributed by atoms with E-state index in [9.17, 15) is 28.8 Å². The molecule has 0 aliphatic heterocycles. The molecule has 0 heterocycles. The maximum atomic E-state index is 11.3. The van der Waals surface area contributed by atoms with Crippen LogP contribution in [0.3, 0.4) is 0 Å². The monoisotopic (exact) mass is 322 g/mol. The molecule has 22 heavy (non-hydrogen) atoms. The van der Waals surface area contributed by atoms with Crippen molar-refractivity contribution in [3.8, 4) is 0 Å². The molecule has 0 aromatic rings. The second kappa shape index (κ2) is 5.67. The van der Waals surface area contributed by atoms with Gasteiger partial charge in [0, 0.05) is 0 Å². The van der Waals surface area contributed by atoms with E-state index in [0.29, 0.717) is 6.92 Å². The number of aliphatic carboxylic acids is 6. The Hall–Kier alpha value is -3.18. The Kier molecular flexibility index (Phi) is 4.85. The molecule has 0 saturated heterocycles. The minimum atomic E-state index is -4.47. The first kappa shape index (κ1) is 18.8. The van der Waals surface area contributed by atoms with E-state index in [2.05, 4.69) is 0 Å². The Morgan fingerprint density at radius 1 is 0.636 bits per heavy atom. The summed E-state index contributed by atoms with van der Waals surface area (Å²) in [6.07, 6.45) is 0. The van der Waals surface area contributed by atoms with E-state index in [0.717, 1.165) is 0 Å². The van der Waals surface area contributed by atoms with Gasteiger partial charge in [-0.1, -0.05) is 6.92 Å². The largest absolute Gasteiger partial charge is 0.481 e. The van der Waals surface area contributed by atoms with Crippen molar-refractivity contribution in [1.82, 2.24) is 0 Å². The van der Waals surface area contributed by atoms with Crippen molar-refractivity contribution < 1.29 is 59.4 Å². The number of hydrogen-bond donors (Lipinski definition) is 6. The van der Waals surface area contributed by atoms with Crippen LogP contribution in [0.15, 0.2) is 0 Å². The predicted octanol–water partition coefficient (Wildman–Crippen LogP) is -1.90. The number of carbonyl (C=O) groups is 6. The average Bonchev–Trinajstić information content (AvgIpc) is 2.31. The second-order valence-corrected chi connectivity index (χ2v) is 4.14. The minimum Gasteiger partial charge on any atom is -0.481 e.